The number of benzene rings is 1. The summed E-state index contributed by atoms with van der Waals surface area (Å²) in [6.45, 7) is -0.0839. The first-order valence-corrected chi connectivity index (χ1v) is 7.12. The van der Waals surface area contributed by atoms with Gasteiger partial charge in [-0.1, -0.05) is 18.2 Å². The van der Waals surface area contributed by atoms with Crippen molar-refractivity contribution in [2.75, 3.05) is 12.8 Å². The van der Waals surface area contributed by atoms with E-state index >= 15 is 0 Å². The fourth-order valence-electron chi connectivity index (χ4n) is 1.59. The third kappa shape index (κ3) is 2.91. The second kappa shape index (κ2) is 5.51. The first kappa shape index (κ1) is 14.4. The molecule has 2 rings (SSSR count). The fourth-order valence-corrected chi connectivity index (χ4v) is 2.63. The van der Waals surface area contributed by atoms with Gasteiger partial charge in [-0.05, 0) is 6.07 Å². The van der Waals surface area contributed by atoms with Gasteiger partial charge in [0.2, 0.25) is 16.0 Å². The molecular weight excluding hydrogens is 283 g/mol. The number of halogens is 1. The first-order valence-electron chi connectivity index (χ1n) is 5.68. The minimum Gasteiger partial charge on any atom is -0.368 e. The van der Waals surface area contributed by atoms with Gasteiger partial charge in [-0.25, -0.2) is 22.8 Å². The van der Waals surface area contributed by atoms with Crippen LogP contribution in [0.4, 0.5) is 10.3 Å². The van der Waals surface area contributed by atoms with Crippen molar-refractivity contribution in [3.8, 4) is 0 Å². The van der Waals surface area contributed by atoms with Crippen molar-refractivity contribution >= 4 is 16.0 Å². The van der Waals surface area contributed by atoms with Gasteiger partial charge in [-0.3, -0.25) is 0 Å². The van der Waals surface area contributed by atoms with Gasteiger partial charge in [0, 0.05) is 19.2 Å². The largest absolute Gasteiger partial charge is 0.368 e. The molecule has 0 aliphatic rings. The number of sulfonamides is 1. The Morgan fingerprint density at radius 3 is 2.45 bits per heavy atom. The topological polar surface area (TPSA) is 89.2 Å². The molecule has 0 fully saturated rings. The first-order chi connectivity index (χ1) is 9.41. The molecule has 1 heterocycles. The average Bonchev–Trinajstić information content (AvgIpc) is 2.41. The minimum absolute atomic E-state index is 0.0132. The van der Waals surface area contributed by atoms with Gasteiger partial charge in [0.25, 0.3) is 0 Å². The van der Waals surface area contributed by atoms with E-state index in [2.05, 4.69) is 9.97 Å². The molecule has 0 saturated heterocycles. The number of aromatic nitrogens is 2. The maximum Gasteiger partial charge on any atom is 0.246 e. The third-order valence-corrected chi connectivity index (χ3v) is 4.46. The molecule has 1 aromatic carbocycles. The van der Waals surface area contributed by atoms with Gasteiger partial charge in [0.15, 0.2) is 0 Å². The summed E-state index contributed by atoms with van der Waals surface area (Å²) in [4.78, 5) is 7.19. The van der Waals surface area contributed by atoms with Crippen molar-refractivity contribution in [2.45, 2.75) is 11.4 Å². The van der Waals surface area contributed by atoms with E-state index in [1.165, 1.54) is 19.2 Å². The molecule has 6 nitrogen and oxygen atoms in total. The summed E-state index contributed by atoms with van der Waals surface area (Å²) >= 11 is 0. The van der Waals surface area contributed by atoms with Crippen LogP contribution in [0.25, 0.3) is 0 Å². The number of hydrogen-bond donors (Lipinski definition) is 1. The molecule has 0 radical (unpaired) electrons. The highest BCUT2D eigenvalue weighted by Gasteiger charge is 2.22. The van der Waals surface area contributed by atoms with Crippen molar-refractivity contribution < 1.29 is 12.8 Å². The molecule has 1 aromatic heterocycles. The molecule has 8 heteroatoms. The molecule has 2 N–H and O–H groups in total. The second-order valence-corrected chi connectivity index (χ2v) is 6.17. The Hall–Kier alpha value is -2.06. The van der Waals surface area contributed by atoms with Crippen LogP contribution in [-0.4, -0.2) is 29.7 Å². The van der Waals surface area contributed by atoms with Crippen molar-refractivity contribution in [2.24, 2.45) is 0 Å². The van der Waals surface area contributed by atoms with Gasteiger partial charge in [0.05, 0.1) is 12.4 Å². The van der Waals surface area contributed by atoms with E-state index in [4.69, 9.17) is 5.73 Å². The molecule has 0 atom stereocenters. The van der Waals surface area contributed by atoms with Crippen LogP contribution in [0.2, 0.25) is 0 Å². The summed E-state index contributed by atoms with van der Waals surface area (Å²) in [7, 11) is -2.43. The Kier molecular flexibility index (Phi) is 3.96. The molecule has 0 aliphatic carbocycles. The van der Waals surface area contributed by atoms with Gasteiger partial charge in [-0.2, -0.15) is 4.31 Å². The zero-order chi connectivity index (χ0) is 14.8. The number of nitrogen functional groups attached to an aromatic ring is 1. The van der Waals surface area contributed by atoms with Crippen molar-refractivity contribution in [1.82, 2.24) is 14.3 Å². The van der Waals surface area contributed by atoms with E-state index in [0.717, 1.165) is 16.7 Å². The van der Waals surface area contributed by atoms with Gasteiger partial charge < -0.3 is 5.73 Å². The van der Waals surface area contributed by atoms with Crippen molar-refractivity contribution in [1.29, 1.82) is 0 Å². The van der Waals surface area contributed by atoms with E-state index in [9.17, 15) is 12.8 Å². The Bertz CT molecular complexity index is 704. The summed E-state index contributed by atoms with van der Waals surface area (Å²) in [6.07, 6.45) is 2.24. The SMILES string of the molecule is CN(Cc1ccccc1F)S(=O)(=O)c1cnc(N)nc1. The van der Waals surface area contributed by atoms with E-state index in [-0.39, 0.29) is 23.0 Å². The number of anilines is 1. The molecule has 0 spiro atoms. The predicted molar refractivity (Wildman–Crippen MR) is 71.5 cm³/mol. The lowest BCUT2D eigenvalue weighted by Gasteiger charge is -2.17. The summed E-state index contributed by atoms with van der Waals surface area (Å²) in [5.41, 5.74) is 5.60. The standard InChI is InChI=1S/C12H13FN4O2S/c1-17(8-9-4-2-3-5-11(9)13)20(18,19)10-6-15-12(14)16-7-10/h2-7H,8H2,1H3,(H2,14,15,16). The number of nitrogens with zero attached hydrogens (tertiary/aromatic N) is 3. The Balaban J connectivity index is 2.26. The maximum atomic E-state index is 13.5. The smallest absolute Gasteiger partial charge is 0.246 e. The van der Waals surface area contributed by atoms with Crippen LogP contribution in [0.3, 0.4) is 0 Å². The predicted octanol–water partition coefficient (Wildman–Crippen LogP) is 1.02. The van der Waals surface area contributed by atoms with Crippen LogP contribution in [0.5, 0.6) is 0 Å². The lowest BCUT2D eigenvalue weighted by Crippen LogP contribution is -2.27. The summed E-state index contributed by atoms with van der Waals surface area (Å²) in [6, 6.07) is 6.00. The molecular formula is C12H13FN4O2S. The quantitative estimate of drug-likeness (QED) is 0.909. The number of hydrogen-bond acceptors (Lipinski definition) is 5. The minimum atomic E-state index is -3.78. The number of nitrogens with two attached hydrogens (primary N) is 1. The van der Waals surface area contributed by atoms with Gasteiger partial charge in [0.1, 0.15) is 10.7 Å². The average molecular weight is 296 g/mol. The highest BCUT2D eigenvalue weighted by molar-refractivity contribution is 7.89. The monoisotopic (exact) mass is 296 g/mol. The lowest BCUT2D eigenvalue weighted by atomic mass is 10.2. The molecule has 106 valence electrons. The van der Waals surface area contributed by atoms with Crippen molar-refractivity contribution in [3.63, 3.8) is 0 Å². The molecule has 0 unspecified atom stereocenters. The zero-order valence-corrected chi connectivity index (χ0v) is 11.5. The second-order valence-electron chi connectivity index (χ2n) is 4.13. The molecule has 2 aromatic rings. The van der Waals surface area contributed by atoms with Crippen LogP contribution in [0, 0.1) is 5.82 Å². The zero-order valence-electron chi connectivity index (χ0n) is 10.7. The van der Waals surface area contributed by atoms with E-state index in [1.54, 1.807) is 12.1 Å². The van der Waals surface area contributed by atoms with Gasteiger partial charge >= 0.3 is 0 Å². The Morgan fingerprint density at radius 2 is 1.85 bits per heavy atom. The number of rotatable bonds is 4. The Labute approximate surface area is 116 Å². The van der Waals surface area contributed by atoms with Crippen LogP contribution < -0.4 is 5.73 Å². The van der Waals surface area contributed by atoms with E-state index in [1.807, 2.05) is 0 Å². The van der Waals surface area contributed by atoms with Crippen LogP contribution >= 0.6 is 0 Å². The highest BCUT2D eigenvalue weighted by atomic mass is 32.2. The third-order valence-electron chi connectivity index (χ3n) is 2.71. The van der Waals surface area contributed by atoms with Crippen LogP contribution in [0.15, 0.2) is 41.6 Å². The van der Waals surface area contributed by atoms with Crippen LogP contribution in [0.1, 0.15) is 5.56 Å². The molecule has 0 bridgehead atoms. The molecule has 0 amide bonds. The van der Waals surface area contributed by atoms with Crippen molar-refractivity contribution in [3.05, 3.63) is 48.0 Å². The molecule has 20 heavy (non-hydrogen) atoms. The Morgan fingerprint density at radius 1 is 1.25 bits per heavy atom. The maximum absolute atomic E-state index is 13.5. The fraction of sp³-hybridized carbons (Fsp3) is 0.167. The molecule has 0 aliphatic heterocycles. The van der Waals surface area contributed by atoms with Crippen LogP contribution in [-0.2, 0) is 16.6 Å². The lowest BCUT2D eigenvalue weighted by molar-refractivity contribution is 0.456. The summed E-state index contributed by atoms with van der Waals surface area (Å²) in [5, 5.41) is 0. The molecule has 0 saturated carbocycles. The van der Waals surface area contributed by atoms with Gasteiger partial charge in [-0.15, -0.1) is 0 Å². The van der Waals surface area contributed by atoms with E-state index in [0.29, 0.717) is 0 Å². The summed E-state index contributed by atoms with van der Waals surface area (Å²) < 4.78 is 39.0. The summed E-state index contributed by atoms with van der Waals surface area (Å²) in [5.74, 6) is -0.469. The highest BCUT2D eigenvalue weighted by Crippen LogP contribution is 2.16. The van der Waals surface area contributed by atoms with E-state index < -0.39 is 15.8 Å². The normalized spacial score (nSPS) is 11.8.